The van der Waals surface area contributed by atoms with Crippen LogP contribution in [0.15, 0.2) is 36.1 Å². The molecule has 0 unspecified atom stereocenters. The molecule has 0 spiro atoms. The average Bonchev–Trinajstić information content (AvgIpc) is 2.36. The van der Waals surface area contributed by atoms with Crippen LogP contribution in [-0.2, 0) is 4.74 Å². The molecule has 0 aromatic rings. The third-order valence-corrected chi connectivity index (χ3v) is 3.07. The highest BCUT2D eigenvalue weighted by Crippen LogP contribution is 2.18. The Morgan fingerprint density at radius 2 is 1.88 bits per heavy atom. The van der Waals surface area contributed by atoms with E-state index < -0.39 is 6.09 Å². The van der Waals surface area contributed by atoms with Gasteiger partial charge in [0.15, 0.2) is 5.76 Å². The number of nitrogens with one attached hydrogen (secondary N) is 1. The van der Waals surface area contributed by atoms with E-state index in [0.29, 0.717) is 0 Å². The van der Waals surface area contributed by atoms with Gasteiger partial charge in [0.2, 0.25) is 0 Å². The summed E-state index contributed by atoms with van der Waals surface area (Å²) < 4.78 is 5.06. The number of amides is 1. The fraction of sp³-hybridized carbons (Fsp3) is 0.462. The third-order valence-electron chi connectivity index (χ3n) is 2.73. The smallest absolute Gasteiger partial charge is 0.409 e. The maximum Gasteiger partial charge on any atom is 0.412 e. The summed E-state index contributed by atoms with van der Waals surface area (Å²) in [6.07, 6.45) is 7.90. The second-order valence-corrected chi connectivity index (χ2v) is 4.40. The molecule has 0 atom stereocenters. The monoisotopic (exact) mass is 255 g/mol. The van der Waals surface area contributed by atoms with Gasteiger partial charge in [0, 0.05) is 6.04 Å². The van der Waals surface area contributed by atoms with Gasteiger partial charge in [-0.2, -0.15) is 0 Å². The zero-order valence-corrected chi connectivity index (χ0v) is 10.6. The second-order valence-electron chi connectivity index (χ2n) is 3.99. The van der Waals surface area contributed by atoms with Crippen LogP contribution in [0.2, 0.25) is 0 Å². The van der Waals surface area contributed by atoms with Crippen molar-refractivity contribution in [1.29, 1.82) is 0 Å². The van der Waals surface area contributed by atoms with Gasteiger partial charge >= 0.3 is 6.09 Å². The van der Waals surface area contributed by atoms with Crippen LogP contribution in [-0.4, -0.2) is 12.1 Å². The predicted molar refractivity (Wildman–Crippen MR) is 69.8 cm³/mol. The van der Waals surface area contributed by atoms with Gasteiger partial charge in [-0.25, -0.2) is 4.79 Å². The summed E-state index contributed by atoms with van der Waals surface area (Å²) in [6.45, 7) is 7.04. The van der Waals surface area contributed by atoms with Crippen molar-refractivity contribution in [3.05, 3.63) is 36.1 Å². The van der Waals surface area contributed by atoms with E-state index in [1.165, 1.54) is 18.6 Å². The highest BCUT2D eigenvalue weighted by Gasteiger charge is 2.17. The van der Waals surface area contributed by atoms with E-state index in [0.717, 1.165) is 25.7 Å². The number of hydrogen-bond acceptors (Lipinski definition) is 2. The maximum absolute atomic E-state index is 11.6. The van der Waals surface area contributed by atoms with Crippen molar-refractivity contribution >= 4 is 17.7 Å². The first kappa shape index (κ1) is 13.8. The van der Waals surface area contributed by atoms with E-state index in [9.17, 15) is 4.79 Å². The van der Waals surface area contributed by atoms with E-state index in [1.54, 1.807) is 0 Å². The van der Waals surface area contributed by atoms with Crippen molar-refractivity contribution in [2.75, 3.05) is 0 Å². The molecule has 4 heteroatoms. The molecule has 0 bridgehead atoms. The molecule has 17 heavy (non-hydrogen) atoms. The number of halogens is 1. The molecule has 0 aliphatic heterocycles. The van der Waals surface area contributed by atoms with Crippen LogP contribution in [0.25, 0.3) is 0 Å². The van der Waals surface area contributed by atoms with Gasteiger partial charge in [0.25, 0.3) is 0 Å². The lowest BCUT2D eigenvalue weighted by molar-refractivity contribution is 0.171. The van der Waals surface area contributed by atoms with Crippen molar-refractivity contribution in [1.82, 2.24) is 5.32 Å². The molecule has 0 aromatic carbocycles. The SMILES string of the molecule is C=C/C(Cl)=C(\C=C)OC(=O)NC1CCCCC1. The molecule has 1 saturated carbocycles. The summed E-state index contributed by atoms with van der Waals surface area (Å²) in [4.78, 5) is 11.6. The van der Waals surface area contributed by atoms with E-state index >= 15 is 0 Å². The van der Waals surface area contributed by atoms with Gasteiger partial charge in [0.05, 0.1) is 5.03 Å². The van der Waals surface area contributed by atoms with Crippen molar-refractivity contribution in [2.24, 2.45) is 0 Å². The Morgan fingerprint density at radius 1 is 1.24 bits per heavy atom. The fourth-order valence-corrected chi connectivity index (χ4v) is 1.95. The molecule has 1 rings (SSSR count). The Morgan fingerprint density at radius 3 is 2.41 bits per heavy atom. The Bertz CT molecular complexity index is 330. The normalized spacial score (nSPS) is 17.9. The molecular weight excluding hydrogens is 238 g/mol. The van der Waals surface area contributed by atoms with Gasteiger partial charge in [-0.3, -0.25) is 0 Å². The largest absolute Gasteiger partial charge is 0.412 e. The molecule has 3 nitrogen and oxygen atoms in total. The number of allylic oxidation sites excluding steroid dienone is 3. The molecule has 0 aromatic heterocycles. The van der Waals surface area contributed by atoms with Crippen LogP contribution in [0.5, 0.6) is 0 Å². The van der Waals surface area contributed by atoms with Crippen molar-refractivity contribution in [2.45, 2.75) is 38.1 Å². The Labute approximate surface area is 107 Å². The van der Waals surface area contributed by atoms with E-state index in [1.807, 2.05) is 0 Å². The van der Waals surface area contributed by atoms with E-state index in [-0.39, 0.29) is 16.8 Å². The zero-order chi connectivity index (χ0) is 12.7. The van der Waals surface area contributed by atoms with Crippen molar-refractivity contribution in [3.8, 4) is 0 Å². The Kier molecular flexibility index (Phi) is 5.84. The minimum absolute atomic E-state index is 0.213. The average molecular weight is 256 g/mol. The number of alkyl carbamates (subject to hydrolysis) is 1. The number of carbonyl (C=O) groups excluding carboxylic acids is 1. The lowest BCUT2D eigenvalue weighted by Gasteiger charge is -2.22. The number of ether oxygens (including phenoxy) is 1. The van der Waals surface area contributed by atoms with E-state index in [4.69, 9.17) is 16.3 Å². The minimum atomic E-state index is -0.480. The summed E-state index contributed by atoms with van der Waals surface area (Å²) in [5, 5.41) is 3.10. The molecule has 1 amide bonds. The van der Waals surface area contributed by atoms with Crippen LogP contribution in [0, 0.1) is 0 Å². The Hall–Kier alpha value is -1.22. The van der Waals surface area contributed by atoms with Crippen LogP contribution < -0.4 is 5.32 Å². The summed E-state index contributed by atoms with van der Waals surface area (Å²) in [5.74, 6) is 0.231. The van der Waals surface area contributed by atoms with Crippen LogP contribution >= 0.6 is 11.6 Å². The number of carbonyl (C=O) groups is 1. The highest BCUT2D eigenvalue weighted by atomic mass is 35.5. The van der Waals surface area contributed by atoms with Gasteiger partial charge in [-0.15, -0.1) is 0 Å². The van der Waals surface area contributed by atoms with Gasteiger partial charge in [-0.1, -0.05) is 44.0 Å². The first-order chi connectivity index (χ1) is 8.17. The van der Waals surface area contributed by atoms with E-state index in [2.05, 4.69) is 18.5 Å². The summed E-state index contributed by atoms with van der Waals surface area (Å²) in [6, 6.07) is 0.213. The quantitative estimate of drug-likeness (QED) is 0.612. The van der Waals surface area contributed by atoms with Gasteiger partial charge in [0.1, 0.15) is 0 Å². The topological polar surface area (TPSA) is 38.3 Å². The lowest BCUT2D eigenvalue weighted by atomic mass is 9.96. The fourth-order valence-electron chi connectivity index (χ4n) is 1.83. The van der Waals surface area contributed by atoms with Gasteiger partial charge in [-0.05, 0) is 25.0 Å². The molecule has 0 heterocycles. The highest BCUT2D eigenvalue weighted by molar-refractivity contribution is 6.31. The molecule has 1 N–H and O–H groups in total. The van der Waals surface area contributed by atoms with Crippen LogP contribution in [0.3, 0.4) is 0 Å². The summed E-state index contributed by atoms with van der Waals surface area (Å²) >= 11 is 5.80. The zero-order valence-electron chi connectivity index (χ0n) is 9.88. The Balaban J connectivity index is 2.47. The molecule has 0 radical (unpaired) electrons. The molecular formula is C13H18ClNO2. The van der Waals surface area contributed by atoms with Crippen molar-refractivity contribution < 1.29 is 9.53 Å². The maximum atomic E-state index is 11.6. The minimum Gasteiger partial charge on any atom is -0.409 e. The molecule has 94 valence electrons. The number of hydrogen-bond donors (Lipinski definition) is 1. The van der Waals surface area contributed by atoms with Crippen LogP contribution in [0.1, 0.15) is 32.1 Å². The van der Waals surface area contributed by atoms with Gasteiger partial charge < -0.3 is 10.1 Å². The second kappa shape index (κ2) is 7.17. The molecule has 1 fully saturated rings. The first-order valence-corrected chi connectivity index (χ1v) is 6.18. The van der Waals surface area contributed by atoms with Crippen LogP contribution in [0.4, 0.5) is 4.79 Å². The predicted octanol–water partition coefficient (Wildman–Crippen LogP) is 3.87. The van der Waals surface area contributed by atoms with Crippen molar-refractivity contribution in [3.63, 3.8) is 0 Å². The number of rotatable bonds is 4. The molecule has 0 saturated heterocycles. The summed E-state index contributed by atoms with van der Waals surface area (Å²) in [5.41, 5.74) is 0. The standard InChI is InChI=1S/C13H18ClNO2/c1-3-11(14)12(4-2)17-13(16)15-10-8-6-5-7-9-10/h3-4,10H,1-2,5-9H2,(H,15,16)/b12-11-. The lowest BCUT2D eigenvalue weighted by Crippen LogP contribution is -2.36. The molecule has 1 aliphatic rings. The summed E-state index contributed by atoms with van der Waals surface area (Å²) in [7, 11) is 0. The third kappa shape index (κ3) is 4.65. The first-order valence-electron chi connectivity index (χ1n) is 5.80. The molecule has 1 aliphatic carbocycles.